The largest absolute Gasteiger partial charge is 0.329 e. The molecule has 1 saturated carbocycles. The molecule has 0 radical (unpaired) electrons. The summed E-state index contributed by atoms with van der Waals surface area (Å²) in [6, 6.07) is 9.63. The Labute approximate surface area is 129 Å². The summed E-state index contributed by atoms with van der Waals surface area (Å²) in [4.78, 5) is 2.64. The first kappa shape index (κ1) is 15.1. The van der Waals surface area contributed by atoms with Crippen molar-refractivity contribution >= 4 is 0 Å². The predicted molar refractivity (Wildman–Crippen MR) is 89.4 cm³/mol. The van der Waals surface area contributed by atoms with Crippen LogP contribution in [0.3, 0.4) is 0 Å². The van der Waals surface area contributed by atoms with E-state index in [1.54, 1.807) is 0 Å². The maximum Gasteiger partial charge on any atom is 0.0470 e. The fraction of sp³-hybridized carbons (Fsp3) is 0.684. The Morgan fingerprint density at radius 1 is 1.29 bits per heavy atom. The van der Waals surface area contributed by atoms with Crippen LogP contribution in [-0.4, -0.2) is 24.5 Å². The van der Waals surface area contributed by atoms with Crippen LogP contribution in [0, 0.1) is 5.41 Å². The monoisotopic (exact) mass is 286 g/mol. The zero-order valence-corrected chi connectivity index (χ0v) is 13.6. The van der Waals surface area contributed by atoms with Gasteiger partial charge < -0.3 is 5.73 Å². The van der Waals surface area contributed by atoms with Gasteiger partial charge in [-0.15, -0.1) is 0 Å². The maximum absolute atomic E-state index is 6.16. The van der Waals surface area contributed by atoms with Gasteiger partial charge in [0.15, 0.2) is 0 Å². The van der Waals surface area contributed by atoms with Crippen LogP contribution >= 0.6 is 0 Å². The molecule has 2 heteroatoms. The summed E-state index contributed by atoms with van der Waals surface area (Å²) in [5.74, 6) is 0.826. The van der Waals surface area contributed by atoms with Gasteiger partial charge in [0.25, 0.3) is 0 Å². The van der Waals surface area contributed by atoms with Crippen molar-refractivity contribution < 1.29 is 0 Å². The topological polar surface area (TPSA) is 29.3 Å². The van der Waals surface area contributed by atoms with Gasteiger partial charge in [0, 0.05) is 19.1 Å². The highest BCUT2D eigenvalue weighted by molar-refractivity contribution is 5.31. The number of benzene rings is 1. The van der Waals surface area contributed by atoms with E-state index in [1.807, 2.05) is 0 Å². The van der Waals surface area contributed by atoms with E-state index in [-0.39, 0.29) is 0 Å². The van der Waals surface area contributed by atoms with Crippen LogP contribution in [0.2, 0.25) is 0 Å². The molecule has 1 unspecified atom stereocenters. The van der Waals surface area contributed by atoms with Crippen LogP contribution in [0.25, 0.3) is 0 Å². The minimum Gasteiger partial charge on any atom is -0.329 e. The lowest BCUT2D eigenvalue weighted by atomic mass is 9.82. The Hall–Kier alpha value is -0.860. The SMILES string of the molecule is CCC1(CC)CCN(C(CN)c2cccc(C3CC3)c2)C1. The molecule has 1 atom stereocenters. The molecule has 1 aromatic carbocycles. The first-order valence-corrected chi connectivity index (χ1v) is 8.75. The zero-order chi connectivity index (χ0) is 14.9. The van der Waals surface area contributed by atoms with Crippen LogP contribution in [0.1, 0.15) is 69.0 Å². The minimum absolute atomic E-state index is 0.406. The Balaban J connectivity index is 1.77. The first-order chi connectivity index (χ1) is 10.2. The highest BCUT2D eigenvalue weighted by Crippen LogP contribution is 2.43. The number of nitrogens with zero attached hydrogens (tertiary/aromatic N) is 1. The van der Waals surface area contributed by atoms with Crippen molar-refractivity contribution in [2.75, 3.05) is 19.6 Å². The van der Waals surface area contributed by atoms with E-state index >= 15 is 0 Å². The van der Waals surface area contributed by atoms with Crippen molar-refractivity contribution in [1.82, 2.24) is 4.90 Å². The molecule has 116 valence electrons. The second-order valence-electron chi connectivity index (χ2n) is 7.12. The third kappa shape index (κ3) is 3.02. The molecule has 1 aliphatic carbocycles. The standard InChI is InChI=1S/C19H30N2/c1-3-19(4-2)10-11-21(14-19)18(13-20)17-7-5-6-16(12-17)15-8-9-15/h5-7,12,15,18H,3-4,8-11,13-14,20H2,1-2H3. The van der Waals surface area contributed by atoms with Crippen LogP contribution in [0.15, 0.2) is 24.3 Å². The van der Waals surface area contributed by atoms with Crippen LogP contribution < -0.4 is 5.73 Å². The van der Waals surface area contributed by atoms with Gasteiger partial charge in [0.2, 0.25) is 0 Å². The molecular weight excluding hydrogens is 256 g/mol. The quantitative estimate of drug-likeness (QED) is 0.854. The molecule has 1 aromatic rings. The van der Waals surface area contributed by atoms with E-state index in [9.17, 15) is 0 Å². The summed E-state index contributed by atoms with van der Waals surface area (Å²) >= 11 is 0. The van der Waals surface area contributed by atoms with E-state index in [0.717, 1.165) is 12.5 Å². The summed E-state index contributed by atoms with van der Waals surface area (Å²) in [7, 11) is 0. The molecule has 1 saturated heterocycles. The molecule has 2 aliphatic rings. The summed E-state index contributed by atoms with van der Waals surface area (Å²) in [5, 5.41) is 0. The van der Waals surface area contributed by atoms with Gasteiger partial charge in [-0.2, -0.15) is 0 Å². The molecule has 0 spiro atoms. The summed E-state index contributed by atoms with van der Waals surface area (Å²) < 4.78 is 0. The second-order valence-corrected chi connectivity index (χ2v) is 7.12. The number of hydrogen-bond donors (Lipinski definition) is 1. The number of hydrogen-bond acceptors (Lipinski definition) is 2. The minimum atomic E-state index is 0.406. The van der Waals surface area contributed by atoms with Crippen LogP contribution in [-0.2, 0) is 0 Å². The van der Waals surface area contributed by atoms with E-state index in [1.165, 1.54) is 56.3 Å². The van der Waals surface area contributed by atoms with E-state index in [0.29, 0.717) is 11.5 Å². The molecule has 0 amide bonds. The molecule has 2 fully saturated rings. The van der Waals surface area contributed by atoms with Gasteiger partial charge in [0.1, 0.15) is 0 Å². The molecule has 21 heavy (non-hydrogen) atoms. The van der Waals surface area contributed by atoms with Gasteiger partial charge in [-0.25, -0.2) is 0 Å². The third-order valence-corrected chi connectivity index (χ3v) is 5.98. The van der Waals surface area contributed by atoms with Crippen molar-refractivity contribution in [3.63, 3.8) is 0 Å². The second kappa shape index (κ2) is 6.10. The molecule has 2 nitrogen and oxygen atoms in total. The number of nitrogens with two attached hydrogens (primary N) is 1. The van der Waals surface area contributed by atoms with Gasteiger partial charge in [-0.3, -0.25) is 4.90 Å². The Kier molecular flexibility index (Phi) is 4.37. The first-order valence-electron chi connectivity index (χ1n) is 8.75. The molecular formula is C19H30N2. The molecule has 1 aliphatic heterocycles. The smallest absolute Gasteiger partial charge is 0.0470 e. The predicted octanol–water partition coefficient (Wildman–Crippen LogP) is 4.08. The Morgan fingerprint density at radius 2 is 2.05 bits per heavy atom. The fourth-order valence-corrected chi connectivity index (χ4v) is 4.00. The number of likely N-dealkylation sites (tertiary alicyclic amines) is 1. The van der Waals surface area contributed by atoms with Crippen molar-refractivity contribution in [2.45, 2.75) is 57.9 Å². The summed E-state index contributed by atoms with van der Waals surface area (Å²) in [6.07, 6.45) is 6.65. The van der Waals surface area contributed by atoms with Crippen molar-refractivity contribution in [2.24, 2.45) is 11.1 Å². The highest BCUT2D eigenvalue weighted by Gasteiger charge is 2.37. The maximum atomic E-state index is 6.16. The Bertz CT molecular complexity index is 474. The van der Waals surface area contributed by atoms with Crippen molar-refractivity contribution in [3.05, 3.63) is 35.4 Å². The summed E-state index contributed by atoms with van der Waals surface area (Å²) in [5.41, 5.74) is 9.65. The average molecular weight is 286 g/mol. The van der Waals surface area contributed by atoms with Crippen LogP contribution in [0.4, 0.5) is 0 Å². The molecule has 1 heterocycles. The highest BCUT2D eigenvalue weighted by atomic mass is 15.2. The summed E-state index contributed by atoms with van der Waals surface area (Å²) in [6.45, 7) is 7.85. The van der Waals surface area contributed by atoms with Gasteiger partial charge in [-0.05, 0) is 61.1 Å². The molecule has 0 aromatic heterocycles. The van der Waals surface area contributed by atoms with Crippen molar-refractivity contribution in [1.29, 1.82) is 0 Å². The normalized spacial score (nSPS) is 23.4. The molecule has 2 N–H and O–H groups in total. The van der Waals surface area contributed by atoms with Crippen LogP contribution in [0.5, 0.6) is 0 Å². The lowest BCUT2D eigenvalue weighted by Gasteiger charge is -2.31. The van der Waals surface area contributed by atoms with E-state index < -0.39 is 0 Å². The number of rotatable bonds is 6. The zero-order valence-electron chi connectivity index (χ0n) is 13.6. The average Bonchev–Trinajstić information content (AvgIpc) is 3.30. The molecule has 0 bridgehead atoms. The van der Waals surface area contributed by atoms with Gasteiger partial charge in [-0.1, -0.05) is 38.1 Å². The third-order valence-electron chi connectivity index (χ3n) is 5.98. The molecule has 3 rings (SSSR count). The van der Waals surface area contributed by atoms with E-state index in [4.69, 9.17) is 5.73 Å². The van der Waals surface area contributed by atoms with Gasteiger partial charge in [0.05, 0.1) is 0 Å². The lowest BCUT2D eigenvalue weighted by molar-refractivity contribution is 0.197. The Morgan fingerprint density at radius 3 is 2.62 bits per heavy atom. The van der Waals surface area contributed by atoms with E-state index in [2.05, 4.69) is 43.0 Å². The van der Waals surface area contributed by atoms with Gasteiger partial charge >= 0.3 is 0 Å². The fourth-order valence-electron chi connectivity index (χ4n) is 4.00. The van der Waals surface area contributed by atoms with Crippen molar-refractivity contribution in [3.8, 4) is 0 Å². The lowest BCUT2D eigenvalue weighted by Crippen LogP contribution is -2.34.